The summed E-state index contributed by atoms with van der Waals surface area (Å²) in [5, 5.41) is 25.5. The molecule has 4 N–H and O–H groups in total. The third-order valence-corrected chi connectivity index (χ3v) is 15.6. The summed E-state index contributed by atoms with van der Waals surface area (Å²) in [4.78, 5) is 25.6. The Labute approximate surface area is 411 Å². The van der Waals surface area contributed by atoms with Crippen LogP contribution >= 0.6 is 15.9 Å². The van der Waals surface area contributed by atoms with E-state index in [9.17, 15) is 26.4 Å². The quantitative estimate of drug-likeness (QED) is 0.0845. The number of nitrogens with one attached hydrogen (secondary N) is 2. The van der Waals surface area contributed by atoms with Gasteiger partial charge in [0.25, 0.3) is 31.2 Å². The predicted octanol–water partition coefficient (Wildman–Crippen LogP) is 8.11. The number of rotatable bonds is 12. The average Bonchev–Trinajstić information content (AvgIpc) is 3.85. The predicted molar refractivity (Wildman–Crippen MR) is 268 cm³/mol. The second-order valence-electron chi connectivity index (χ2n) is 18.1. The Morgan fingerprint density at radius 1 is 0.643 bits per heavy atom. The summed E-state index contributed by atoms with van der Waals surface area (Å²) in [6.07, 6.45) is 4.61. The van der Waals surface area contributed by atoms with Crippen LogP contribution in [0.4, 0.5) is 11.6 Å². The van der Waals surface area contributed by atoms with Gasteiger partial charge in [-0.3, -0.25) is 28.2 Å². The zero-order valence-corrected chi connectivity index (χ0v) is 41.9. The van der Waals surface area contributed by atoms with Crippen LogP contribution in [0.5, 0.6) is 11.5 Å². The highest BCUT2D eigenvalue weighted by atomic mass is 79.9. The van der Waals surface area contributed by atoms with Crippen LogP contribution < -0.4 is 30.0 Å². The average molecular weight is 1060 g/mol. The van der Waals surface area contributed by atoms with E-state index in [4.69, 9.17) is 19.5 Å². The first-order chi connectivity index (χ1) is 33.1. The van der Waals surface area contributed by atoms with Crippen molar-refractivity contribution in [3.8, 4) is 22.9 Å². The first-order valence-corrected chi connectivity index (χ1v) is 25.4. The molecule has 8 aromatic rings. The van der Waals surface area contributed by atoms with Gasteiger partial charge in [-0.05, 0) is 120 Å². The zero-order chi connectivity index (χ0) is 50.3. The number of hydrogen-bond acceptors (Lipinski definition) is 14. The van der Waals surface area contributed by atoms with Crippen molar-refractivity contribution >= 4 is 76.5 Å². The van der Waals surface area contributed by atoms with Crippen LogP contribution in [-0.4, -0.2) is 67.7 Å². The van der Waals surface area contributed by atoms with Gasteiger partial charge in [0.05, 0.1) is 46.4 Å². The van der Waals surface area contributed by atoms with Crippen LogP contribution in [0.25, 0.3) is 33.2 Å². The molecule has 364 valence electrons. The van der Waals surface area contributed by atoms with Gasteiger partial charge < -0.3 is 28.6 Å². The molecule has 4 aromatic heterocycles. The van der Waals surface area contributed by atoms with Crippen molar-refractivity contribution in [1.82, 2.24) is 19.4 Å². The van der Waals surface area contributed by atoms with E-state index < -0.39 is 27.2 Å². The number of methoxy groups -OCH3 is 2. The normalized spacial score (nSPS) is 16.5. The number of halogens is 1. The Bertz CT molecular complexity index is 3580. The molecule has 0 saturated heterocycles. The van der Waals surface area contributed by atoms with E-state index in [2.05, 4.69) is 58.6 Å². The number of nitrogens with zero attached hydrogens (tertiary/aromatic N) is 4. The number of sulfonamides is 2. The van der Waals surface area contributed by atoms with Gasteiger partial charge in [-0.15, -0.1) is 0 Å². The third kappa shape index (κ3) is 10.6. The monoisotopic (exact) mass is 1050 g/mol. The van der Waals surface area contributed by atoms with Crippen LogP contribution in [0.1, 0.15) is 52.0 Å². The molecule has 0 amide bonds. The summed E-state index contributed by atoms with van der Waals surface area (Å²) in [5.41, 5.74) is 3.39. The summed E-state index contributed by atoms with van der Waals surface area (Å²) in [6, 6.07) is 29.1. The summed E-state index contributed by atoms with van der Waals surface area (Å²) >= 11 is 3.38. The van der Waals surface area contributed by atoms with E-state index in [0.717, 1.165) is 17.3 Å². The van der Waals surface area contributed by atoms with Gasteiger partial charge in [0.15, 0.2) is 11.6 Å². The number of anilines is 2. The standard InChI is InChI=1S/C24H23N3O5S.C19H14BrN3O5S.C5H11BO2/c1-24(2)14-18(24)15-4-7-20(21(13-15)31-3)27-19-8-6-17(12-16(19)5-9-23(27)28)33(29,30)26-22-10-11-32-25-22;1-27-17-11-13(20)3-5-16(17)23-15-6-4-14(10-12(15)2-7-19(23)24)29(25,26)22-18-8-9-28-21-18;1-5(2)3-4(5)6(7)8/h4-13,18H,14H2,1-3H3,(H,25,26);2-11H,1H3,(H,21,22);4,7-8H,3H2,1-2H3. The van der Waals surface area contributed by atoms with E-state index in [1.165, 1.54) is 82.9 Å². The lowest BCUT2D eigenvalue weighted by atomic mass is 9.79. The number of hydrogen-bond donors (Lipinski definition) is 4. The van der Waals surface area contributed by atoms with E-state index in [0.29, 0.717) is 50.6 Å². The molecule has 0 bridgehead atoms. The molecule has 2 fully saturated rings. The molecule has 70 heavy (non-hydrogen) atoms. The van der Waals surface area contributed by atoms with Crippen molar-refractivity contribution in [2.45, 2.75) is 62.1 Å². The van der Waals surface area contributed by atoms with Crippen molar-refractivity contribution in [2.75, 3.05) is 23.7 Å². The van der Waals surface area contributed by atoms with Crippen LogP contribution in [0.2, 0.25) is 5.82 Å². The lowest BCUT2D eigenvalue weighted by Gasteiger charge is -2.16. The van der Waals surface area contributed by atoms with Gasteiger partial charge in [0.2, 0.25) is 0 Å². The molecule has 2 atom stereocenters. The Hall–Kier alpha value is -6.72. The fourth-order valence-electron chi connectivity index (χ4n) is 8.19. The first kappa shape index (κ1) is 49.7. The minimum atomic E-state index is -3.88. The van der Waals surface area contributed by atoms with Gasteiger partial charge >= 0.3 is 7.12 Å². The van der Waals surface area contributed by atoms with Crippen LogP contribution in [0.3, 0.4) is 0 Å². The number of pyridine rings is 2. The number of aromatic nitrogens is 4. The molecular weight excluding hydrogens is 1010 g/mol. The SMILES string of the molecule is CC1(C)CC1B(O)O.COc1cc(Br)ccc1-n1c(=O)ccc2cc(S(=O)(=O)Nc3ccon3)ccc21.COc1cc(C2CC2(C)C)ccc1-n1c(=O)ccc2cc(S(=O)(=O)Nc3ccon3)ccc21. The maximum Gasteiger partial charge on any atom is 0.455 e. The lowest BCUT2D eigenvalue weighted by molar-refractivity contribution is 0.394. The number of ether oxygens (including phenoxy) is 2. The van der Waals surface area contributed by atoms with Gasteiger partial charge in [-0.2, -0.15) is 0 Å². The molecule has 0 radical (unpaired) electrons. The molecule has 18 nitrogen and oxygen atoms in total. The fourth-order valence-corrected chi connectivity index (χ4v) is 10.6. The maximum absolute atomic E-state index is 12.9. The Morgan fingerprint density at radius 3 is 1.49 bits per heavy atom. The summed E-state index contributed by atoms with van der Waals surface area (Å²) in [7, 11) is -5.75. The van der Waals surface area contributed by atoms with Gasteiger partial charge in [0.1, 0.15) is 24.0 Å². The third-order valence-electron chi connectivity index (χ3n) is 12.4. The molecule has 4 aromatic carbocycles. The molecule has 2 unspecified atom stereocenters. The minimum absolute atomic E-state index is 0.0287. The topological polar surface area (TPSA) is 247 Å². The molecular formula is C48H48BBrN6O12S2. The van der Waals surface area contributed by atoms with Crippen LogP contribution in [-0.2, 0) is 20.0 Å². The van der Waals surface area contributed by atoms with Gasteiger partial charge in [-0.25, -0.2) is 16.8 Å². The highest BCUT2D eigenvalue weighted by molar-refractivity contribution is 9.10. The largest absolute Gasteiger partial charge is 0.495 e. The van der Waals surface area contributed by atoms with E-state index in [1.807, 2.05) is 32.0 Å². The van der Waals surface area contributed by atoms with Crippen LogP contribution in [0.15, 0.2) is 155 Å². The molecule has 2 aliphatic rings. The molecule has 0 spiro atoms. The van der Waals surface area contributed by atoms with Crippen molar-refractivity contribution < 1.29 is 45.4 Å². The second-order valence-corrected chi connectivity index (χ2v) is 22.4. The van der Waals surface area contributed by atoms with Gasteiger partial charge in [-0.1, -0.05) is 60.0 Å². The Morgan fingerprint density at radius 2 is 1.10 bits per heavy atom. The molecule has 22 heteroatoms. The highest BCUT2D eigenvalue weighted by Gasteiger charge is 2.52. The molecule has 10 rings (SSSR count). The smallest absolute Gasteiger partial charge is 0.455 e. The lowest BCUT2D eigenvalue weighted by Crippen LogP contribution is -2.19. The van der Waals surface area contributed by atoms with Crippen molar-refractivity contribution in [2.24, 2.45) is 10.8 Å². The zero-order valence-electron chi connectivity index (χ0n) is 38.7. The van der Waals surface area contributed by atoms with Crippen LogP contribution in [0, 0.1) is 10.8 Å². The van der Waals surface area contributed by atoms with E-state index >= 15 is 0 Å². The van der Waals surface area contributed by atoms with Gasteiger partial charge in [0, 0.05) is 39.5 Å². The Kier molecular flexibility index (Phi) is 13.7. The molecule has 2 aliphatic carbocycles. The second kappa shape index (κ2) is 19.2. The molecule has 0 aliphatic heterocycles. The maximum atomic E-state index is 12.9. The van der Waals surface area contributed by atoms with E-state index in [-0.39, 0.29) is 49.2 Å². The number of benzene rings is 4. The minimum Gasteiger partial charge on any atom is -0.495 e. The summed E-state index contributed by atoms with van der Waals surface area (Å²) in [5.74, 6) is 1.85. The van der Waals surface area contributed by atoms with E-state index in [1.54, 1.807) is 49.6 Å². The number of fused-ring (bicyclic) bond motifs is 2. The highest BCUT2D eigenvalue weighted by Crippen LogP contribution is 2.59. The summed E-state index contributed by atoms with van der Waals surface area (Å²) in [6.45, 7) is 8.54. The fraction of sp³-hybridized carbons (Fsp3) is 0.250. The molecule has 2 saturated carbocycles. The van der Waals surface area contributed by atoms with Crippen molar-refractivity contribution in [3.63, 3.8) is 0 Å². The summed E-state index contributed by atoms with van der Waals surface area (Å²) < 4.78 is 79.6. The Balaban J connectivity index is 0.000000163. The molecule has 4 heterocycles. The van der Waals surface area contributed by atoms with Crippen molar-refractivity contribution in [1.29, 1.82) is 0 Å². The first-order valence-electron chi connectivity index (χ1n) is 21.7. The van der Waals surface area contributed by atoms with Crippen molar-refractivity contribution in [3.05, 3.63) is 152 Å².